The van der Waals surface area contributed by atoms with Gasteiger partial charge in [0.15, 0.2) is 41.5 Å². The third-order valence-electron chi connectivity index (χ3n) is 10.5. The summed E-state index contributed by atoms with van der Waals surface area (Å²) >= 11 is 4.91. The summed E-state index contributed by atoms with van der Waals surface area (Å²) in [7, 11) is 0. The minimum atomic E-state index is -0.799. The average Bonchev–Trinajstić information content (AvgIpc) is 3.30. The first-order valence-electron chi connectivity index (χ1n) is 22.6. The molecule has 9 N–H and O–H groups in total. The van der Waals surface area contributed by atoms with Gasteiger partial charge in [-0.05, 0) is 143 Å². The molecule has 0 spiro atoms. The molecule has 0 saturated heterocycles. The molecule has 0 bridgehead atoms. The van der Waals surface area contributed by atoms with E-state index in [-0.39, 0.29) is 31.8 Å². The molecular formula is C50H65ClN10O11. The van der Waals surface area contributed by atoms with Gasteiger partial charge in [0.1, 0.15) is 19.9 Å². The molecule has 6 rings (SSSR count). The van der Waals surface area contributed by atoms with Crippen LogP contribution >= 0.6 is 11.8 Å². The van der Waals surface area contributed by atoms with Crippen LogP contribution in [0.3, 0.4) is 0 Å². The fourth-order valence-electron chi connectivity index (χ4n) is 7.28. The summed E-state index contributed by atoms with van der Waals surface area (Å²) in [6, 6.07) is 16.9. The molecule has 21 nitrogen and oxygen atoms in total. The number of nitrogens with one attached hydrogen (secondary N) is 5. The second kappa shape index (κ2) is 25.2. The van der Waals surface area contributed by atoms with Gasteiger partial charge in [0.05, 0.1) is 17.3 Å². The van der Waals surface area contributed by atoms with Gasteiger partial charge in [-0.3, -0.25) is 39.7 Å². The molecule has 2 aliphatic rings. The molecule has 4 aromatic carbocycles. The maximum atomic E-state index is 13.4. The van der Waals surface area contributed by atoms with Crippen LogP contribution < -0.4 is 57.2 Å². The number of aryl methyl sites for hydroxylation is 4. The van der Waals surface area contributed by atoms with Crippen LogP contribution in [-0.2, 0) is 9.63 Å². The van der Waals surface area contributed by atoms with Gasteiger partial charge in [-0.1, -0.05) is 34.4 Å². The molecule has 2 aliphatic heterocycles. The van der Waals surface area contributed by atoms with Crippen molar-refractivity contribution in [2.75, 3.05) is 19.9 Å². The van der Waals surface area contributed by atoms with Gasteiger partial charge >= 0.3 is 6.03 Å². The Morgan fingerprint density at radius 3 is 1.44 bits per heavy atom. The highest BCUT2D eigenvalue weighted by atomic mass is 35.5. The van der Waals surface area contributed by atoms with Gasteiger partial charge in [0, 0.05) is 33.4 Å². The molecular weight excluding hydrogens is 952 g/mol. The number of rotatable bonds is 10. The predicted octanol–water partition coefficient (Wildman–Crippen LogP) is 5.61. The molecule has 0 aromatic heterocycles. The Morgan fingerprint density at radius 1 is 0.694 bits per heavy atom. The number of hydrazine groups is 3. The van der Waals surface area contributed by atoms with Gasteiger partial charge < -0.3 is 24.7 Å². The summed E-state index contributed by atoms with van der Waals surface area (Å²) in [4.78, 5) is 81.5. The average molecular weight is 1020 g/mol. The van der Waals surface area contributed by atoms with E-state index in [1.807, 2.05) is 87.0 Å². The first-order chi connectivity index (χ1) is 33.8. The number of nitrogens with zero attached hydrogens (tertiary/aromatic N) is 3. The first kappa shape index (κ1) is 57.3. The first-order valence-corrected chi connectivity index (χ1v) is 23.0. The van der Waals surface area contributed by atoms with Crippen molar-refractivity contribution in [1.82, 2.24) is 36.7 Å². The van der Waals surface area contributed by atoms with Crippen LogP contribution in [0.2, 0.25) is 0 Å². The lowest BCUT2D eigenvalue weighted by atomic mass is 10.0. The molecule has 22 heteroatoms. The lowest BCUT2D eigenvalue weighted by Gasteiger charge is -2.36. The number of hydrogen-bond acceptors (Lipinski definition) is 15. The van der Waals surface area contributed by atoms with Crippen LogP contribution in [-0.4, -0.2) is 95.4 Å². The second-order valence-corrected chi connectivity index (χ2v) is 19.0. The third kappa shape index (κ3) is 15.6. The van der Waals surface area contributed by atoms with Crippen molar-refractivity contribution in [1.29, 1.82) is 0 Å². The number of carbonyl (C=O) groups excluding carboxylic acids is 6. The van der Waals surface area contributed by atoms with E-state index in [9.17, 15) is 28.8 Å². The lowest BCUT2D eigenvalue weighted by molar-refractivity contribution is -0.115. The number of benzene rings is 4. The van der Waals surface area contributed by atoms with E-state index in [0.29, 0.717) is 62.7 Å². The Balaban J connectivity index is 0.000000282. The monoisotopic (exact) mass is 1020 g/mol. The maximum absolute atomic E-state index is 13.4. The van der Waals surface area contributed by atoms with Gasteiger partial charge in [-0.2, -0.15) is 5.10 Å². The predicted molar refractivity (Wildman–Crippen MR) is 270 cm³/mol. The van der Waals surface area contributed by atoms with Crippen molar-refractivity contribution in [3.8, 4) is 23.0 Å². The number of hydrazone groups is 1. The summed E-state index contributed by atoms with van der Waals surface area (Å²) in [5, 5.41) is 6.38. The number of halogens is 1. The second-order valence-electron chi connectivity index (χ2n) is 18.8. The lowest BCUT2D eigenvalue weighted by Crippen LogP contribution is -2.56. The number of carbonyl (C=O) groups is 6. The number of ether oxygens (including phenoxy) is 4. The Bertz CT molecular complexity index is 2620. The summed E-state index contributed by atoms with van der Waals surface area (Å²) in [6.07, 6.45) is 0.702. The molecule has 0 fully saturated rings. The number of aldehydes is 1. The van der Waals surface area contributed by atoms with Gasteiger partial charge in [-0.15, -0.1) is 5.59 Å². The van der Waals surface area contributed by atoms with Crippen molar-refractivity contribution in [3.05, 3.63) is 116 Å². The van der Waals surface area contributed by atoms with E-state index in [0.717, 1.165) is 22.3 Å². The summed E-state index contributed by atoms with van der Waals surface area (Å²) < 4.78 is 22.8. The highest BCUT2D eigenvalue weighted by Gasteiger charge is 2.34. The maximum Gasteiger partial charge on any atom is 0.332 e. The van der Waals surface area contributed by atoms with Crippen LogP contribution in [0.1, 0.15) is 116 Å². The van der Waals surface area contributed by atoms with Crippen LogP contribution in [0.25, 0.3) is 0 Å². The number of hydrogen-bond donors (Lipinski definition) is 7. The minimum absolute atomic E-state index is 0.129. The standard InChI is InChI=1S/C25H31N5O5.C24H28N2O5.CH6ClN3O/c1-14-9-15(2)11-17(10-14)23(32)30(25(4,5)6)29-22(31)19-7-8-20-21(16(19)3)35-18(13-34-20)12-27-28-24(26)33;1-14-9-15(2)11-17(10-14)23(29)26(24(4,5)6)25-22(28)19-7-8-20-21(16(19)3)31-18(12-27)13-30-20;2-4-1-6-5-3/h7-12,18H,13H2,1-6H3,(H,29,31)(H3,26,28,33);7-12,18H,13H2,1-6H3,(H,25,28);4-5H,1,3H2/b27-12+;;/t2*18-;/m00./s1. The molecule has 388 valence electrons. The van der Waals surface area contributed by atoms with E-state index < -0.39 is 41.1 Å². The molecule has 2 heterocycles. The largest absolute Gasteiger partial charge is 0.485 e. The Hall–Kier alpha value is -7.30. The zero-order valence-corrected chi connectivity index (χ0v) is 43.3. The summed E-state index contributed by atoms with van der Waals surface area (Å²) in [5.41, 5.74) is 19.8. The SMILES string of the molecule is Cc1cc(C)cc(C(=O)N(NC(=O)c2ccc3c(c2C)O[C@@H](/C=N/NC(N)=O)CO3)C(C)(C)C)c1.Cc1cc(C)cc(C(=O)N(NC(=O)c2ccc3c(c2C)O[C@@H](C=O)CO3)C(C)(C)C)c1.NNOCNCl. The topological polar surface area (TPSA) is 280 Å². The minimum Gasteiger partial charge on any atom is -0.485 e. The van der Waals surface area contributed by atoms with Crippen LogP contribution in [0.15, 0.2) is 65.8 Å². The third-order valence-corrected chi connectivity index (χ3v) is 10.6. The Labute approximate surface area is 424 Å². The summed E-state index contributed by atoms with van der Waals surface area (Å²) in [5.74, 6) is 4.80. The van der Waals surface area contributed by atoms with Gasteiger partial charge in [0.25, 0.3) is 23.6 Å². The van der Waals surface area contributed by atoms with Gasteiger partial charge in [-0.25, -0.2) is 30.9 Å². The number of fused-ring (bicyclic) bond motifs is 2. The molecule has 4 aromatic rings. The molecule has 0 saturated carbocycles. The molecule has 6 amide bonds. The highest BCUT2D eigenvalue weighted by molar-refractivity contribution is 6.13. The van der Waals surface area contributed by atoms with Crippen molar-refractivity contribution >= 4 is 53.9 Å². The van der Waals surface area contributed by atoms with E-state index in [2.05, 4.69) is 36.9 Å². The molecule has 72 heavy (non-hydrogen) atoms. The normalized spacial score (nSPS) is 14.6. The van der Waals surface area contributed by atoms with Crippen molar-refractivity contribution in [2.24, 2.45) is 16.7 Å². The fraction of sp³-hybridized carbons (Fsp3) is 0.380. The Kier molecular flexibility index (Phi) is 20.0. The Morgan fingerprint density at radius 2 is 1.10 bits per heavy atom. The van der Waals surface area contributed by atoms with E-state index >= 15 is 0 Å². The van der Waals surface area contributed by atoms with Crippen LogP contribution in [0.5, 0.6) is 23.0 Å². The number of primary amides is 1. The molecule has 2 atom stereocenters. The van der Waals surface area contributed by atoms with Crippen molar-refractivity contribution < 1.29 is 52.6 Å². The number of nitrogens with two attached hydrogens (primary N) is 2. The van der Waals surface area contributed by atoms with Crippen LogP contribution in [0.4, 0.5) is 4.79 Å². The molecule has 0 radical (unpaired) electrons. The van der Waals surface area contributed by atoms with Crippen LogP contribution in [0, 0.1) is 41.5 Å². The zero-order chi connectivity index (χ0) is 53.7. The van der Waals surface area contributed by atoms with E-state index in [4.69, 9.17) is 36.5 Å². The summed E-state index contributed by atoms with van der Waals surface area (Å²) in [6.45, 7) is 22.7. The molecule has 0 aliphatic carbocycles. The van der Waals surface area contributed by atoms with E-state index in [1.165, 1.54) is 16.2 Å². The smallest absolute Gasteiger partial charge is 0.332 e. The number of urea groups is 1. The van der Waals surface area contributed by atoms with Crippen molar-refractivity contribution in [2.45, 2.75) is 106 Å². The number of amides is 6. The van der Waals surface area contributed by atoms with Crippen molar-refractivity contribution in [3.63, 3.8) is 0 Å². The van der Waals surface area contributed by atoms with Gasteiger partial charge in [0.2, 0.25) is 0 Å². The fourth-order valence-corrected chi connectivity index (χ4v) is 7.33. The quantitative estimate of drug-likeness (QED) is 0.0194. The van der Waals surface area contributed by atoms with E-state index in [1.54, 1.807) is 62.4 Å². The molecule has 0 unspecified atom stereocenters. The highest BCUT2D eigenvalue weighted by Crippen LogP contribution is 2.38. The zero-order valence-electron chi connectivity index (χ0n) is 42.6.